The molecule has 5 heteroatoms. The monoisotopic (exact) mass is 296 g/mol. The maximum Gasteiger partial charge on any atom is 0.307 e. The third-order valence-electron chi connectivity index (χ3n) is 5.11. The van der Waals surface area contributed by atoms with Crippen LogP contribution < -0.4 is 5.32 Å². The van der Waals surface area contributed by atoms with Crippen molar-refractivity contribution in [1.82, 2.24) is 10.3 Å². The van der Waals surface area contributed by atoms with Gasteiger partial charge in [-0.2, -0.15) is 0 Å². The second-order valence-electron chi connectivity index (χ2n) is 6.43. The van der Waals surface area contributed by atoms with Gasteiger partial charge >= 0.3 is 5.97 Å². The van der Waals surface area contributed by atoms with Crippen LogP contribution in [-0.2, 0) is 11.3 Å². The molecule has 1 heterocycles. The molecule has 0 amide bonds. The second-order valence-corrected chi connectivity index (χ2v) is 7.37. The zero-order valence-electron chi connectivity index (χ0n) is 12.6. The Morgan fingerprint density at radius 1 is 1.55 bits per heavy atom. The summed E-state index contributed by atoms with van der Waals surface area (Å²) in [6.45, 7) is 9.21. The standard InChI is InChI=1S/C15H24N2O2S/c1-9-12(16-7-13-10(2)17-8-20-13)6-5-11(14(18)19)15(9,3)4/h8-9,11-12,16H,5-7H2,1-4H3,(H,18,19). The number of aromatic nitrogens is 1. The fourth-order valence-corrected chi connectivity index (χ4v) is 3.97. The molecule has 0 saturated heterocycles. The smallest absolute Gasteiger partial charge is 0.307 e. The van der Waals surface area contributed by atoms with Crippen LogP contribution in [0.3, 0.4) is 0 Å². The van der Waals surface area contributed by atoms with Crippen LogP contribution >= 0.6 is 11.3 Å². The molecular formula is C15H24N2O2S. The Labute approximate surface area is 124 Å². The van der Waals surface area contributed by atoms with Gasteiger partial charge in [0.05, 0.1) is 17.1 Å². The molecule has 1 saturated carbocycles. The number of carboxylic acids is 1. The molecule has 2 N–H and O–H groups in total. The van der Waals surface area contributed by atoms with Gasteiger partial charge in [-0.25, -0.2) is 4.98 Å². The highest BCUT2D eigenvalue weighted by Crippen LogP contribution is 2.45. The van der Waals surface area contributed by atoms with Crippen LogP contribution in [0.25, 0.3) is 0 Å². The van der Waals surface area contributed by atoms with E-state index in [9.17, 15) is 9.90 Å². The summed E-state index contributed by atoms with van der Waals surface area (Å²) in [5.74, 6) is -0.551. The largest absolute Gasteiger partial charge is 0.481 e. The highest BCUT2D eigenvalue weighted by Gasteiger charge is 2.46. The number of thiazole rings is 1. The lowest BCUT2D eigenvalue weighted by Crippen LogP contribution is -2.50. The van der Waals surface area contributed by atoms with Gasteiger partial charge in [0.2, 0.25) is 0 Å². The van der Waals surface area contributed by atoms with E-state index in [1.165, 1.54) is 4.88 Å². The molecule has 0 aliphatic heterocycles. The van der Waals surface area contributed by atoms with Crippen molar-refractivity contribution in [2.45, 2.75) is 53.1 Å². The van der Waals surface area contributed by atoms with Gasteiger partial charge in [0.1, 0.15) is 0 Å². The van der Waals surface area contributed by atoms with E-state index >= 15 is 0 Å². The number of aryl methyl sites for hydroxylation is 1. The molecule has 1 aliphatic rings. The van der Waals surface area contributed by atoms with E-state index < -0.39 is 5.97 Å². The van der Waals surface area contributed by atoms with Crippen molar-refractivity contribution in [3.05, 3.63) is 16.1 Å². The predicted octanol–water partition coefficient (Wildman–Crippen LogP) is 3.07. The third-order valence-corrected chi connectivity index (χ3v) is 6.04. The molecular weight excluding hydrogens is 272 g/mol. The molecule has 1 aromatic heterocycles. The van der Waals surface area contributed by atoms with E-state index in [2.05, 4.69) is 31.1 Å². The quantitative estimate of drug-likeness (QED) is 0.896. The first-order valence-corrected chi connectivity index (χ1v) is 8.07. The van der Waals surface area contributed by atoms with Gasteiger partial charge in [0.25, 0.3) is 0 Å². The maximum atomic E-state index is 11.4. The van der Waals surface area contributed by atoms with Gasteiger partial charge in [-0.05, 0) is 31.1 Å². The minimum absolute atomic E-state index is 0.176. The molecule has 1 aromatic rings. The van der Waals surface area contributed by atoms with Crippen molar-refractivity contribution in [3.63, 3.8) is 0 Å². The number of carbonyl (C=O) groups is 1. The fraction of sp³-hybridized carbons (Fsp3) is 0.733. The van der Waals surface area contributed by atoms with Crippen LogP contribution in [0.5, 0.6) is 0 Å². The molecule has 0 bridgehead atoms. The number of hydrogen-bond acceptors (Lipinski definition) is 4. The van der Waals surface area contributed by atoms with Crippen LogP contribution in [0.1, 0.15) is 44.2 Å². The highest BCUT2D eigenvalue weighted by atomic mass is 32.1. The number of hydrogen-bond donors (Lipinski definition) is 2. The topological polar surface area (TPSA) is 62.2 Å². The number of nitrogens with one attached hydrogen (secondary N) is 1. The fourth-order valence-electron chi connectivity index (χ4n) is 3.24. The van der Waals surface area contributed by atoms with Crippen molar-refractivity contribution in [3.8, 4) is 0 Å². The number of aliphatic carboxylic acids is 1. The summed E-state index contributed by atoms with van der Waals surface area (Å²) in [6, 6.07) is 0.377. The lowest BCUT2D eigenvalue weighted by molar-refractivity contribution is -0.150. The van der Waals surface area contributed by atoms with Crippen molar-refractivity contribution in [2.24, 2.45) is 17.3 Å². The Morgan fingerprint density at radius 3 is 2.80 bits per heavy atom. The van der Waals surface area contributed by atoms with Crippen LogP contribution in [-0.4, -0.2) is 22.1 Å². The normalized spacial score (nSPS) is 29.3. The van der Waals surface area contributed by atoms with Crippen LogP contribution in [0.15, 0.2) is 5.51 Å². The lowest BCUT2D eigenvalue weighted by atomic mass is 9.61. The third kappa shape index (κ3) is 2.88. The molecule has 4 nitrogen and oxygen atoms in total. The first-order valence-electron chi connectivity index (χ1n) is 7.19. The summed E-state index contributed by atoms with van der Waals surface area (Å²) in [4.78, 5) is 16.9. The van der Waals surface area contributed by atoms with Crippen LogP contribution in [0.4, 0.5) is 0 Å². The van der Waals surface area contributed by atoms with E-state index in [-0.39, 0.29) is 11.3 Å². The van der Waals surface area contributed by atoms with Crippen LogP contribution in [0.2, 0.25) is 0 Å². The van der Waals surface area contributed by atoms with Crippen molar-refractivity contribution in [1.29, 1.82) is 0 Å². The maximum absolute atomic E-state index is 11.4. The number of rotatable bonds is 4. The van der Waals surface area contributed by atoms with Gasteiger partial charge in [0.15, 0.2) is 0 Å². The van der Waals surface area contributed by atoms with Gasteiger partial charge in [0, 0.05) is 17.5 Å². The molecule has 3 unspecified atom stereocenters. The van der Waals surface area contributed by atoms with E-state index in [0.29, 0.717) is 12.0 Å². The first kappa shape index (κ1) is 15.4. The molecule has 0 spiro atoms. The zero-order valence-corrected chi connectivity index (χ0v) is 13.5. The Bertz CT molecular complexity index is 484. The summed E-state index contributed by atoms with van der Waals surface area (Å²) in [7, 11) is 0. The molecule has 3 atom stereocenters. The lowest BCUT2D eigenvalue weighted by Gasteiger charge is -2.46. The van der Waals surface area contributed by atoms with Crippen molar-refractivity contribution in [2.75, 3.05) is 0 Å². The Morgan fingerprint density at radius 2 is 2.25 bits per heavy atom. The first-order chi connectivity index (χ1) is 9.34. The SMILES string of the molecule is Cc1ncsc1CNC1CCC(C(=O)O)C(C)(C)C1C. The van der Waals surface area contributed by atoms with E-state index in [1.807, 2.05) is 12.4 Å². The molecule has 1 fully saturated rings. The average Bonchev–Trinajstić information content (AvgIpc) is 2.76. The molecule has 1 aliphatic carbocycles. The minimum Gasteiger partial charge on any atom is -0.481 e. The number of nitrogens with zero attached hydrogens (tertiary/aromatic N) is 1. The summed E-state index contributed by atoms with van der Waals surface area (Å²) < 4.78 is 0. The van der Waals surface area contributed by atoms with Crippen molar-refractivity contribution < 1.29 is 9.90 Å². The summed E-state index contributed by atoms with van der Waals surface area (Å²) >= 11 is 1.68. The van der Waals surface area contributed by atoms with E-state index in [4.69, 9.17) is 0 Å². The molecule has 112 valence electrons. The highest BCUT2D eigenvalue weighted by molar-refractivity contribution is 7.09. The predicted molar refractivity (Wildman–Crippen MR) is 80.8 cm³/mol. The van der Waals surface area contributed by atoms with Crippen LogP contribution in [0, 0.1) is 24.2 Å². The molecule has 0 radical (unpaired) electrons. The van der Waals surface area contributed by atoms with Gasteiger partial charge in [-0.3, -0.25) is 4.79 Å². The van der Waals surface area contributed by atoms with Gasteiger partial charge in [-0.1, -0.05) is 20.8 Å². The Kier molecular flexibility index (Phi) is 4.49. The second kappa shape index (κ2) is 5.82. The van der Waals surface area contributed by atoms with Gasteiger partial charge < -0.3 is 10.4 Å². The molecule has 20 heavy (non-hydrogen) atoms. The van der Waals surface area contributed by atoms with Crippen molar-refractivity contribution >= 4 is 17.3 Å². The van der Waals surface area contributed by atoms with E-state index in [0.717, 1.165) is 25.1 Å². The Hall–Kier alpha value is -0.940. The summed E-state index contributed by atoms with van der Waals surface area (Å²) in [5.41, 5.74) is 2.79. The van der Waals surface area contributed by atoms with Gasteiger partial charge in [-0.15, -0.1) is 11.3 Å². The summed E-state index contributed by atoms with van der Waals surface area (Å²) in [5, 5.41) is 13.0. The minimum atomic E-state index is -0.654. The number of carboxylic acid groups (broad SMARTS) is 1. The Balaban J connectivity index is 2.01. The zero-order chi connectivity index (χ0) is 14.9. The average molecular weight is 296 g/mol. The van der Waals surface area contributed by atoms with E-state index in [1.54, 1.807) is 11.3 Å². The molecule has 0 aromatic carbocycles. The molecule has 2 rings (SSSR count). The summed E-state index contributed by atoms with van der Waals surface area (Å²) in [6.07, 6.45) is 1.69.